The fraction of sp³-hybridized carbons (Fsp3) is 0.333. The van der Waals surface area contributed by atoms with Gasteiger partial charge in [0.1, 0.15) is 11.5 Å². The highest BCUT2D eigenvalue weighted by Crippen LogP contribution is 2.15. The van der Waals surface area contributed by atoms with Crippen molar-refractivity contribution in [3.05, 3.63) is 53.5 Å². The second-order valence-electron chi connectivity index (χ2n) is 4.75. The summed E-state index contributed by atoms with van der Waals surface area (Å²) >= 11 is 0. The lowest BCUT2D eigenvalue weighted by Gasteiger charge is -2.02. The maximum atomic E-state index is 10.5. The van der Waals surface area contributed by atoms with Crippen molar-refractivity contribution in [1.29, 1.82) is 0 Å². The molecule has 0 fully saturated rings. The van der Waals surface area contributed by atoms with Gasteiger partial charge in [0.25, 0.3) is 10.1 Å². The Kier molecular flexibility index (Phi) is 6.14. The molecule has 0 radical (unpaired) electrons. The minimum atomic E-state index is -4.02. The molecule has 1 aromatic heterocycles. The van der Waals surface area contributed by atoms with Crippen LogP contribution in [0.2, 0.25) is 0 Å². The largest absolute Gasteiger partial charge is 0.465 e. The Morgan fingerprint density at radius 1 is 1.14 bits per heavy atom. The van der Waals surface area contributed by atoms with Crippen molar-refractivity contribution >= 4 is 10.1 Å². The van der Waals surface area contributed by atoms with Crippen LogP contribution in [0.3, 0.4) is 0 Å². The third-order valence-corrected chi connectivity index (χ3v) is 3.75. The first kappa shape index (κ1) is 17.4. The lowest BCUT2D eigenvalue weighted by molar-refractivity contribution is 0.441. The van der Waals surface area contributed by atoms with Crippen LogP contribution in [0.1, 0.15) is 36.5 Å². The Balaban J connectivity index is 0.000000211. The molecule has 0 saturated heterocycles. The Hall–Kier alpha value is -1.63. The van der Waals surface area contributed by atoms with Gasteiger partial charge in [0.2, 0.25) is 0 Å². The summed E-state index contributed by atoms with van der Waals surface area (Å²) in [5.74, 6) is 1.82. The highest BCUT2D eigenvalue weighted by Gasteiger charge is 2.07. The van der Waals surface area contributed by atoms with E-state index in [-0.39, 0.29) is 10.9 Å². The summed E-state index contributed by atoms with van der Waals surface area (Å²) < 4.78 is 34.9. The van der Waals surface area contributed by atoms with Gasteiger partial charge in [-0.05, 0) is 44.5 Å². The fourth-order valence-electron chi connectivity index (χ4n) is 1.56. The van der Waals surface area contributed by atoms with Crippen molar-refractivity contribution in [3.63, 3.8) is 0 Å². The molecule has 1 atom stereocenters. The average molecular weight is 311 g/mol. The van der Waals surface area contributed by atoms with Crippen LogP contribution in [-0.2, 0) is 10.1 Å². The highest BCUT2D eigenvalue weighted by molar-refractivity contribution is 7.85. The van der Waals surface area contributed by atoms with Gasteiger partial charge in [-0.1, -0.05) is 24.6 Å². The van der Waals surface area contributed by atoms with E-state index in [0.29, 0.717) is 0 Å². The molecule has 21 heavy (non-hydrogen) atoms. The average Bonchev–Trinajstić information content (AvgIpc) is 2.85. The molecule has 0 aliphatic heterocycles. The molecule has 2 aromatic rings. The summed E-state index contributed by atoms with van der Waals surface area (Å²) in [6.07, 6.45) is 0.924. The molecular weight excluding hydrogens is 290 g/mol. The number of nitrogens with two attached hydrogens (primary N) is 1. The van der Waals surface area contributed by atoms with Crippen LogP contribution >= 0.6 is 0 Å². The van der Waals surface area contributed by atoms with Gasteiger partial charge in [-0.3, -0.25) is 4.55 Å². The summed E-state index contributed by atoms with van der Waals surface area (Å²) in [4.78, 5) is -0.0666. The first-order valence-corrected chi connectivity index (χ1v) is 8.04. The van der Waals surface area contributed by atoms with Gasteiger partial charge in [0, 0.05) is 0 Å². The molecule has 1 heterocycles. The molecule has 0 unspecified atom stereocenters. The standard InChI is InChI=1S/C8H13NO.C7H8O3S/c1-3-7(9)8-5-4-6(2)10-8;1-6-2-4-7(5-3-6)11(8,9)10/h4-5,7H,3,9H2,1-2H3;2-5H,1H3,(H,8,9,10)/t7-;/m0./s1. The Morgan fingerprint density at radius 2 is 1.71 bits per heavy atom. The van der Waals surface area contributed by atoms with Crippen LogP contribution in [0.4, 0.5) is 0 Å². The number of rotatable bonds is 3. The van der Waals surface area contributed by atoms with Gasteiger partial charge >= 0.3 is 0 Å². The van der Waals surface area contributed by atoms with Gasteiger partial charge in [-0.25, -0.2) is 0 Å². The highest BCUT2D eigenvalue weighted by atomic mass is 32.2. The van der Waals surface area contributed by atoms with Gasteiger partial charge in [-0.15, -0.1) is 0 Å². The summed E-state index contributed by atoms with van der Waals surface area (Å²) in [6.45, 7) is 5.81. The second kappa shape index (κ2) is 7.40. The molecule has 0 saturated carbocycles. The first-order chi connectivity index (χ1) is 9.74. The molecule has 0 aliphatic carbocycles. The quantitative estimate of drug-likeness (QED) is 0.849. The van der Waals surface area contributed by atoms with Gasteiger partial charge < -0.3 is 10.2 Å². The van der Waals surface area contributed by atoms with E-state index in [9.17, 15) is 8.42 Å². The molecule has 6 heteroatoms. The molecule has 0 aliphatic rings. The van der Waals surface area contributed by atoms with Crippen molar-refractivity contribution in [1.82, 2.24) is 0 Å². The lowest BCUT2D eigenvalue weighted by atomic mass is 10.2. The third-order valence-electron chi connectivity index (χ3n) is 2.89. The van der Waals surface area contributed by atoms with E-state index < -0.39 is 10.1 Å². The fourth-order valence-corrected chi connectivity index (χ4v) is 2.04. The van der Waals surface area contributed by atoms with Crippen LogP contribution in [0.25, 0.3) is 0 Å². The SMILES string of the molecule is CC[C@H](N)c1ccc(C)o1.Cc1ccc(S(=O)(=O)O)cc1. The van der Waals surface area contributed by atoms with Crippen LogP contribution in [0.5, 0.6) is 0 Å². The maximum absolute atomic E-state index is 10.5. The van der Waals surface area contributed by atoms with Gasteiger partial charge in [0.05, 0.1) is 10.9 Å². The van der Waals surface area contributed by atoms with Crippen molar-refractivity contribution in [2.24, 2.45) is 5.73 Å². The zero-order chi connectivity index (χ0) is 16.0. The van der Waals surface area contributed by atoms with Crippen LogP contribution in [0.15, 0.2) is 45.7 Å². The predicted molar refractivity (Wildman–Crippen MR) is 81.7 cm³/mol. The van der Waals surface area contributed by atoms with Crippen LogP contribution < -0.4 is 5.73 Å². The molecule has 3 N–H and O–H groups in total. The summed E-state index contributed by atoms with van der Waals surface area (Å²) in [7, 11) is -4.02. The smallest absolute Gasteiger partial charge is 0.294 e. The molecule has 2 rings (SSSR count). The number of furan rings is 1. The minimum Gasteiger partial charge on any atom is -0.465 e. The zero-order valence-corrected chi connectivity index (χ0v) is 13.2. The summed E-state index contributed by atoms with van der Waals surface area (Å²) in [5.41, 5.74) is 6.67. The summed E-state index contributed by atoms with van der Waals surface area (Å²) in [6, 6.07) is 9.92. The maximum Gasteiger partial charge on any atom is 0.294 e. The molecule has 116 valence electrons. The Labute approximate surface area is 125 Å². The predicted octanol–water partition coefficient (Wildman–Crippen LogP) is 3.24. The lowest BCUT2D eigenvalue weighted by Crippen LogP contribution is -2.06. The van der Waals surface area contributed by atoms with Crippen LogP contribution in [0, 0.1) is 13.8 Å². The van der Waals surface area contributed by atoms with Crippen molar-refractivity contribution in [3.8, 4) is 0 Å². The first-order valence-electron chi connectivity index (χ1n) is 6.60. The van der Waals surface area contributed by atoms with Crippen molar-refractivity contribution in [2.75, 3.05) is 0 Å². The van der Waals surface area contributed by atoms with E-state index in [0.717, 1.165) is 23.5 Å². The number of hydrogen-bond donors (Lipinski definition) is 2. The summed E-state index contributed by atoms with van der Waals surface area (Å²) in [5, 5.41) is 0. The van der Waals surface area contributed by atoms with E-state index in [1.165, 1.54) is 12.1 Å². The van der Waals surface area contributed by atoms with Gasteiger partial charge in [-0.2, -0.15) is 8.42 Å². The Bertz CT molecular complexity index is 659. The molecule has 0 spiro atoms. The van der Waals surface area contributed by atoms with Gasteiger partial charge in [0.15, 0.2) is 0 Å². The number of benzene rings is 1. The van der Waals surface area contributed by atoms with E-state index in [2.05, 4.69) is 0 Å². The molecule has 1 aromatic carbocycles. The second-order valence-corrected chi connectivity index (χ2v) is 6.17. The minimum absolute atomic E-state index is 0.0636. The molecule has 5 nitrogen and oxygen atoms in total. The number of hydrogen-bond acceptors (Lipinski definition) is 4. The zero-order valence-electron chi connectivity index (χ0n) is 12.4. The van der Waals surface area contributed by atoms with E-state index >= 15 is 0 Å². The normalized spacial score (nSPS) is 12.4. The van der Waals surface area contributed by atoms with Crippen molar-refractivity contribution in [2.45, 2.75) is 38.1 Å². The topological polar surface area (TPSA) is 93.5 Å². The van der Waals surface area contributed by atoms with Crippen LogP contribution in [-0.4, -0.2) is 13.0 Å². The number of aryl methyl sites for hydroxylation is 2. The molecule has 0 amide bonds. The van der Waals surface area contributed by atoms with E-state index in [4.69, 9.17) is 14.7 Å². The molecule has 0 bridgehead atoms. The molecular formula is C15H21NO4S. The van der Waals surface area contributed by atoms with Crippen molar-refractivity contribution < 1.29 is 17.4 Å². The Morgan fingerprint density at radius 3 is 2.10 bits per heavy atom. The monoisotopic (exact) mass is 311 g/mol. The van der Waals surface area contributed by atoms with E-state index in [1.54, 1.807) is 12.1 Å². The van der Waals surface area contributed by atoms with E-state index in [1.807, 2.05) is 32.9 Å². The third kappa shape index (κ3) is 5.71.